The Morgan fingerprint density at radius 2 is 1.81 bits per heavy atom. The molecule has 184 valence electrons. The van der Waals surface area contributed by atoms with E-state index in [-0.39, 0.29) is 17.9 Å². The number of para-hydroxylation sites is 1. The molecule has 7 nitrogen and oxygen atoms in total. The van der Waals surface area contributed by atoms with E-state index in [0.29, 0.717) is 17.7 Å². The minimum atomic E-state index is -1.48. The first-order valence-corrected chi connectivity index (χ1v) is 12.8. The number of halogens is 1. The van der Waals surface area contributed by atoms with Crippen molar-refractivity contribution in [2.24, 2.45) is 11.8 Å². The number of nitrogens with zero attached hydrogens (tertiary/aromatic N) is 1. The highest BCUT2D eigenvalue weighted by Gasteiger charge is 2.71. The summed E-state index contributed by atoms with van der Waals surface area (Å²) in [5.74, 6) is -3.00. The molecule has 4 heterocycles. The molecule has 1 saturated carbocycles. The number of aromatic amines is 1. The summed E-state index contributed by atoms with van der Waals surface area (Å²) >= 11 is 0. The van der Waals surface area contributed by atoms with Crippen LogP contribution in [0.3, 0.4) is 0 Å². The fraction of sp³-hybridized carbons (Fsp3) is 0.393. The highest BCUT2D eigenvalue weighted by atomic mass is 19.1. The van der Waals surface area contributed by atoms with Crippen molar-refractivity contribution in [2.75, 3.05) is 5.32 Å². The number of imide groups is 1. The highest BCUT2D eigenvalue weighted by Crippen LogP contribution is 2.54. The van der Waals surface area contributed by atoms with Crippen molar-refractivity contribution in [1.82, 2.24) is 15.2 Å². The van der Waals surface area contributed by atoms with E-state index in [1.54, 1.807) is 0 Å². The van der Waals surface area contributed by atoms with E-state index in [0.717, 1.165) is 48.6 Å². The van der Waals surface area contributed by atoms with Gasteiger partial charge in [0.1, 0.15) is 11.4 Å². The quantitative estimate of drug-likeness (QED) is 0.493. The number of hydrogen-bond donors (Lipinski definition) is 3. The molecule has 8 heteroatoms. The van der Waals surface area contributed by atoms with Gasteiger partial charge >= 0.3 is 0 Å². The second-order valence-corrected chi connectivity index (χ2v) is 10.6. The molecule has 3 aliphatic heterocycles. The van der Waals surface area contributed by atoms with Crippen LogP contribution in [0.4, 0.5) is 10.1 Å². The fourth-order valence-corrected chi connectivity index (χ4v) is 7.21. The zero-order chi connectivity index (χ0) is 24.6. The van der Waals surface area contributed by atoms with Crippen LogP contribution in [0.2, 0.25) is 0 Å². The second kappa shape index (κ2) is 7.74. The van der Waals surface area contributed by atoms with Crippen molar-refractivity contribution in [3.05, 3.63) is 65.6 Å². The third kappa shape index (κ3) is 2.85. The Hall–Kier alpha value is -3.52. The molecule has 2 saturated heterocycles. The standard InChI is InChI=1S/C28H27FN4O3/c29-16-10-11-21-19(13-16)28(27(36)31-21)24-23(25(34)33(26(24)35)17-6-2-1-3-7-17)22(32-28)12-15-14-30-20-9-5-4-8-18(15)20/h4-5,8-11,13-14,17,22-24,30,32H,1-3,6-7,12H2,(H,31,36). The third-order valence-corrected chi connectivity index (χ3v) is 8.77. The first-order valence-electron chi connectivity index (χ1n) is 12.8. The van der Waals surface area contributed by atoms with Crippen LogP contribution in [0.5, 0.6) is 0 Å². The van der Waals surface area contributed by atoms with E-state index < -0.39 is 35.1 Å². The largest absolute Gasteiger partial charge is 0.361 e. The monoisotopic (exact) mass is 486 g/mol. The molecule has 1 aliphatic carbocycles. The van der Waals surface area contributed by atoms with E-state index >= 15 is 0 Å². The number of H-pyrrole nitrogens is 1. The number of rotatable bonds is 3. The Labute approximate surface area is 207 Å². The molecule has 3 N–H and O–H groups in total. The summed E-state index contributed by atoms with van der Waals surface area (Å²) in [6, 6.07) is 11.5. The molecule has 1 aromatic heterocycles. The Balaban J connectivity index is 1.36. The van der Waals surface area contributed by atoms with Gasteiger partial charge in [-0.1, -0.05) is 37.5 Å². The minimum absolute atomic E-state index is 0.133. The lowest BCUT2D eigenvalue weighted by atomic mass is 9.76. The molecule has 0 radical (unpaired) electrons. The van der Waals surface area contributed by atoms with Gasteiger partial charge in [-0.2, -0.15) is 0 Å². The molecule has 3 fully saturated rings. The van der Waals surface area contributed by atoms with Gasteiger partial charge in [-0.15, -0.1) is 0 Å². The normalized spacial score (nSPS) is 29.9. The minimum Gasteiger partial charge on any atom is -0.361 e. The lowest BCUT2D eigenvalue weighted by molar-refractivity contribution is -0.146. The lowest BCUT2D eigenvalue weighted by Gasteiger charge is -2.34. The number of benzene rings is 2. The predicted molar refractivity (Wildman–Crippen MR) is 131 cm³/mol. The number of anilines is 1. The number of hydrogen-bond acceptors (Lipinski definition) is 4. The van der Waals surface area contributed by atoms with Crippen molar-refractivity contribution in [3.8, 4) is 0 Å². The maximum absolute atomic E-state index is 14.5. The van der Waals surface area contributed by atoms with Gasteiger partial charge in [-0.3, -0.25) is 24.6 Å². The van der Waals surface area contributed by atoms with E-state index in [4.69, 9.17) is 0 Å². The van der Waals surface area contributed by atoms with Crippen LogP contribution >= 0.6 is 0 Å². The molecule has 1 spiro atoms. The molecule has 7 rings (SSSR count). The Morgan fingerprint density at radius 1 is 1.00 bits per heavy atom. The number of aromatic nitrogens is 1. The number of nitrogens with one attached hydrogen (secondary N) is 3. The topological polar surface area (TPSA) is 94.3 Å². The summed E-state index contributed by atoms with van der Waals surface area (Å²) in [5, 5.41) is 7.32. The van der Waals surface area contributed by atoms with Gasteiger partial charge in [0.05, 0.1) is 11.8 Å². The predicted octanol–water partition coefficient (Wildman–Crippen LogP) is 3.60. The number of likely N-dealkylation sites (tertiary alicyclic amines) is 1. The van der Waals surface area contributed by atoms with Crippen LogP contribution in [0.1, 0.15) is 43.2 Å². The van der Waals surface area contributed by atoms with Crippen molar-refractivity contribution < 1.29 is 18.8 Å². The summed E-state index contributed by atoms with van der Waals surface area (Å²) in [5.41, 5.74) is 1.41. The van der Waals surface area contributed by atoms with E-state index in [2.05, 4.69) is 15.6 Å². The van der Waals surface area contributed by atoms with Gasteiger partial charge in [0.25, 0.3) is 0 Å². The second-order valence-electron chi connectivity index (χ2n) is 10.6. The van der Waals surface area contributed by atoms with E-state index in [1.807, 2.05) is 30.5 Å². The molecule has 36 heavy (non-hydrogen) atoms. The molecule has 4 unspecified atom stereocenters. The summed E-state index contributed by atoms with van der Waals surface area (Å²) < 4.78 is 14.5. The zero-order valence-corrected chi connectivity index (χ0v) is 19.7. The molecule has 4 aliphatic rings. The van der Waals surface area contributed by atoms with Gasteiger partial charge in [-0.05, 0) is 49.1 Å². The Kier molecular flexibility index (Phi) is 4.67. The smallest absolute Gasteiger partial charge is 0.250 e. The first-order chi connectivity index (χ1) is 17.5. The van der Waals surface area contributed by atoms with Crippen LogP contribution in [-0.4, -0.2) is 39.7 Å². The van der Waals surface area contributed by atoms with Crippen LogP contribution in [0.15, 0.2) is 48.7 Å². The Morgan fingerprint density at radius 3 is 2.64 bits per heavy atom. The van der Waals surface area contributed by atoms with Crippen LogP contribution in [-0.2, 0) is 26.3 Å². The van der Waals surface area contributed by atoms with E-state index in [1.165, 1.54) is 23.1 Å². The van der Waals surface area contributed by atoms with Crippen LogP contribution < -0.4 is 10.6 Å². The zero-order valence-electron chi connectivity index (χ0n) is 19.7. The summed E-state index contributed by atoms with van der Waals surface area (Å²) in [6.45, 7) is 0. The molecule has 4 atom stereocenters. The third-order valence-electron chi connectivity index (χ3n) is 8.77. The van der Waals surface area contributed by atoms with Crippen LogP contribution in [0, 0.1) is 17.7 Å². The van der Waals surface area contributed by atoms with Crippen molar-refractivity contribution in [3.63, 3.8) is 0 Å². The van der Waals surface area contributed by atoms with Gasteiger partial charge in [0.2, 0.25) is 17.7 Å². The molecule has 3 amide bonds. The number of carbonyl (C=O) groups is 3. The van der Waals surface area contributed by atoms with Gasteiger partial charge in [0.15, 0.2) is 0 Å². The molecular weight excluding hydrogens is 459 g/mol. The fourth-order valence-electron chi connectivity index (χ4n) is 7.21. The maximum Gasteiger partial charge on any atom is 0.250 e. The molecule has 0 bridgehead atoms. The average molecular weight is 487 g/mol. The van der Waals surface area contributed by atoms with Crippen LogP contribution in [0.25, 0.3) is 10.9 Å². The lowest BCUT2D eigenvalue weighted by Crippen LogP contribution is -2.54. The Bertz CT molecular complexity index is 1430. The van der Waals surface area contributed by atoms with Gasteiger partial charge in [-0.25, -0.2) is 4.39 Å². The molecule has 3 aromatic rings. The first kappa shape index (κ1) is 21.7. The van der Waals surface area contributed by atoms with Crippen molar-refractivity contribution >= 4 is 34.3 Å². The number of fused-ring (bicyclic) bond motifs is 5. The highest BCUT2D eigenvalue weighted by molar-refractivity contribution is 6.15. The SMILES string of the molecule is O=C1C2C(Cc3c[nH]c4ccccc34)NC3(C(=O)Nc4ccc(F)cc43)C2C(=O)N1C1CCCCC1. The number of amides is 3. The summed E-state index contributed by atoms with van der Waals surface area (Å²) in [6.07, 6.45) is 7.03. The number of carbonyl (C=O) groups excluding carboxylic acids is 3. The summed E-state index contributed by atoms with van der Waals surface area (Å²) in [7, 11) is 0. The molecule has 2 aromatic carbocycles. The van der Waals surface area contributed by atoms with Gasteiger partial charge < -0.3 is 10.3 Å². The average Bonchev–Trinajstić information content (AvgIpc) is 3.59. The van der Waals surface area contributed by atoms with E-state index in [9.17, 15) is 18.8 Å². The van der Waals surface area contributed by atoms with Crippen molar-refractivity contribution in [2.45, 2.75) is 56.1 Å². The summed E-state index contributed by atoms with van der Waals surface area (Å²) in [4.78, 5) is 46.4. The van der Waals surface area contributed by atoms with Crippen molar-refractivity contribution in [1.29, 1.82) is 0 Å². The maximum atomic E-state index is 14.5. The van der Waals surface area contributed by atoms with Gasteiger partial charge in [0, 0.05) is 40.4 Å². The molecular formula is C28H27FN4O3.